The van der Waals surface area contributed by atoms with Gasteiger partial charge in [0.2, 0.25) is 5.91 Å². The van der Waals surface area contributed by atoms with E-state index in [1.165, 1.54) is 17.2 Å². The van der Waals surface area contributed by atoms with Crippen molar-refractivity contribution in [2.24, 2.45) is 5.92 Å². The molecule has 1 N–H and O–H groups in total. The first kappa shape index (κ1) is 9.91. The van der Waals surface area contributed by atoms with Gasteiger partial charge in [0.05, 0.1) is 0 Å². The lowest BCUT2D eigenvalue weighted by Crippen LogP contribution is -2.26. The number of benzene rings is 1. The van der Waals surface area contributed by atoms with Gasteiger partial charge in [0.1, 0.15) is 0 Å². The molecule has 1 amide bonds. The van der Waals surface area contributed by atoms with Gasteiger partial charge in [-0.1, -0.05) is 30.3 Å². The second-order valence-corrected chi connectivity index (χ2v) is 4.85. The van der Waals surface area contributed by atoms with Crippen LogP contribution in [0, 0.1) is 5.92 Å². The number of fused-ring (bicyclic) bond motifs is 3. The molecule has 0 aliphatic heterocycles. The third-order valence-corrected chi connectivity index (χ3v) is 3.97. The van der Waals surface area contributed by atoms with Crippen LogP contribution < -0.4 is 5.32 Å². The molecule has 3 rings (SSSR count). The summed E-state index contributed by atoms with van der Waals surface area (Å²) in [5.74, 6) is 0.930. The van der Waals surface area contributed by atoms with Gasteiger partial charge in [-0.15, -0.1) is 0 Å². The average molecular weight is 234 g/mol. The summed E-state index contributed by atoms with van der Waals surface area (Å²) >= 11 is 6.13. The maximum absolute atomic E-state index is 11.2. The highest BCUT2D eigenvalue weighted by Crippen LogP contribution is 2.57. The van der Waals surface area contributed by atoms with Crippen LogP contribution in [-0.2, 0) is 11.2 Å². The SMILES string of the molecule is C=CC(=O)NC1C2Cc3c(Cl)cccc3C21. The molecule has 1 fully saturated rings. The van der Waals surface area contributed by atoms with Crippen LogP contribution in [0.2, 0.25) is 5.02 Å². The monoisotopic (exact) mass is 233 g/mol. The zero-order chi connectivity index (χ0) is 11.3. The van der Waals surface area contributed by atoms with E-state index in [1.54, 1.807) is 0 Å². The van der Waals surface area contributed by atoms with E-state index in [9.17, 15) is 4.79 Å². The molecule has 3 atom stereocenters. The first-order valence-electron chi connectivity index (χ1n) is 5.42. The Hall–Kier alpha value is -1.28. The molecule has 0 saturated heterocycles. The maximum Gasteiger partial charge on any atom is 0.243 e. The first-order chi connectivity index (χ1) is 7.72. The molecule has 1 aromatic rings. The van der Waals surface area contributed by atoms with Gasteiger partial charge in [0.15, 0.2) is 0 Å². The second kappa shape index (κ2) is 3.36. The van der Waals surface area contributed by atoms with Crippen molar-refractivity contribution in [3.8, 4) is 0 Å². The van der Waals surface area contributed by atoms with Crippen molar-refractivity contribution in [1.29, 1.82) is 0 Å². The molecule has 2 aliphatic carbocycles. The van der Waals surface area contributed by atoms with Gasteiger partial charge in [0.25, 0.3) is 0 Å². The van der Waals surface area contributed by atoms with Crippen LogP contribution in [0.5, 0.6) is 0 Å². The summed E-state index contributed by atoms with van der Waals surface area (Å²) < 4.78 is 0. The van der Waals surface area contributed by atoms with Crippen LogP contribution in [-0.4, -0.2) is 11.9 Å². The Kier molecular flexibility index (Phi) is 2.08. The Balaban J connectivity index is 1.82. The summed E-state index contributed by atoms with van der Waals surface area (Å²) in [6.45, 7) is 3.46. The van der Waals surface area contributed by atoms with Gasteiger partial charge in [-0.2, -0.15) is 0 Å². The third kappa shape index (κ3) is 1.30. The molecule has 0 spiro atoms. The molecule has 1 aromatic carbocycles. The summed E-state index contributed by atoms with van der Waals surface area (Å²) in [5.41, 5.74) is 2.58. The molecule has 0 heterocycles. The van der Waals surface area contributed by atoms with Crippen molar-refractivity contribution in [3.05, 3.63) is 47.0 Å². The number of nitrogens with one attached hydrogen (secondary N) is 1. The second-order valence-electron chi connectivity index (χ2n) is 4.44. The fraction of sp³-hybridized carbons (Fsp3) is 0.308. The van der Waals surface area contributed by atoms with Crippen molar-refractivity contribution in [2.45, 2.75) is 18.4 Å². The summed E-state index contributed by atoms with van der Waals surface area (Å²) in [7, 11) is 0. The molecule has 0 aromatic heterocycles. The van der Waals surface area contributed by atoms with Crippen molar-refractivity contribution in [3.63, 3.8) is 0 Å². The van der Waals surface area contributed by atoms with Gasteiger partial charge in [0, 0.05) is 17.0 Å². The molecule has 2 nitrogen and oxygen atoms in total. The van der Waals surface area contributed by atoms with Crippen LogP contribution >= 0.6 is 11.6 Å². The number of amides is 1. The van der Waals surface area contributed by atoms with Gasteiger partial charge >= 0.3 is 0 Å². The zero-order valence-electron chi connectivity index (χ0n) is 8.74. The Morgan fingerprint density at radius 2 is 2.38 bits per heavy atom. The fourth-order valence-corrected chi connectivity index (χ4v) is 3.07. The van der Waals surface area contributed by atoms with E-state index in [4.69, 9.17) is 11.6 Å². The topological polar surface area (TPSA) is 29.1 Å². The van der Waals surface area contributed by atoms with Crippen LogP contribution in [0.4, 0.5) is 0 Å². The summed E-state index contributed by atoms with van der Waals surface area (Å²) in [5, 5.41) is 3.83. The van der Waals surface area contributed by atoms with Crippen LogP contribution in [0.25, 0.3) is 0 Å². The zero-order valence-corrected chi connectivity index (χ0v) is 9.50. The Labute approximate surface area is 99.3 Å². The van der Waals surface area contributed by atoms with Crippen molar-refractivity contribution in [1.82, 2.24) is 5.32 Å². The normalized spacial score (nSPS) is 29.2. The predicted molar refractivity (Wildman–Crippen MR) is 63.5 cm³/mol. The highest BCUT2D eigenvalue weighted by molar-refractivity contribution is 6.31. The first-order valence-corrected chi connectivity index (χ1v) is 5.80. The Bertz CT molecular complexity index is 483. The van der Waals surface area contributed by atoms with E-state index in [2.05, 4.69) is 18.0 Å². The standard InChI is InChI=1S/C13H12ClNO/c1-2-11(16)15-13-9-6-8-7(12(9)13)4-3-5-10(8)14/h2-5,9,12-13H,1,6H2,(H,15,16). The van der Waals surface area contributed by atoms with Gasteiger partial charge in [-0.05, 0) is 35.6 Å². The molecule has 16 heavy (non-hydrogen) atoms. The third-order valence-electron chi connectivity index (χ3n) is 3.62. The largest absolute Gasteiger partial charge is 0.349 e. The lowest BCUT2D eigenvalue weighted by Gasteiger charge is -2.09. The van der Waals surface area contributed by atoms with E-state index < -0.39 is 0 Å². The van der Waals surface area contributed by atoms with E-state index in [1.807, 2.05) is 12.1 Å². The van der Waals surface area contributed by atoms with Crippen LogP contribution in [0.15, 0.2) is 30.9 Å². The summed E-state index contributed by atoms with van der Waals surface area (Å²) in [4.78, 5) is 11.2. The average Bonchev–Trinajstić information content (AvgIpc) is 2.78. The van der Waals surface area contributed by atoms with E-state index in [0.717, 1.165) is 11.4 Å². The number of rotatable bonds is 2. The molecule has 2 aliphatic rings. The number of carbonyl (C=O) groups excluding carboxylic acids is 1. The Morgan fingerprint density at radius 1 is 1.56 bits per heavy atom. The van der Waals surface area contributed by atoms with E-state index >= 15 is 0 Å². The molecule has 3 heteroatoms. The number of carbonyl (C=O) groups is 1. The number of halogens is 1. The van der Waals surface area contributed by atoms with Gasteiger partial charge in [-0.3, -0.25) is 4.79 Å². The van der Waals surface area contributed by atoms with E-state index in [0.29, 0.717) is 11.8 Å². The van der Waals surface area contributed by atoms with E-state index in [-0.39, 0.29) is 11.9 Å². The summed E-state index contributed by atoms with van der Waals surface area (Å²) in [6.07, 6.45) is 2.31. The molecule has 1 saturated carbocycles. The minimum Gasteiger partial charge on any atom is -0.349 e. The fourth-order valence-electron chi connectivity index (χ4n) is 2.81. The smallest absolute Gasteiger partial charge is 0.243 e. The molecule has 0 radical (unpaired) electrons. The number of hydrogen-bond acceptors (Lipinski definition) is 1. The van der Waals surface area contributed by atoms with Crippen molar-refractivity contribution in [2.75, 3.05) is 0 Å². The highest BCUT2D eigenvalue weighted by atomic mass is 35.5. The van der Waals surface area contributed by atoms with Gasteiger partial charge in [-0.25, -0.2) is 0 Å². The molecular weight excluding hydrogens is 222 g/mol. The highest BCUT2D eigenvalue weighted by Gasteiger charge is 2.56. The van der Waals surface area contributed by atoms with Gasteiger partial charge < -0.3 is 5.32 Å². The number of hydrogen-bond donors (Lipinski definition) is 1. The summed E-state index contributed by atoms with van der Waals surface area (Å²) in [6, 6.07) is 6.32. The predicted octanol–water partition coefficient (Wildman–Crippen LogP) is 2.28. The maximum atomic E-state index is 11.2. The molecular formula is C13H12ClNO. The van der Waals surface area contributed by atoms with Crippen molar-refractivity contribution >= 4 is 17.5 Å². The lowest BCUT2D eigenvalue weighted by atomic mass is 10.0. The van der Waals surface area contributed by atoms with Crippen molar-refractivity contribution < 1.29 is 4.79 Å². The quantitative estimate of drug-likeness (QED) is 0.781. The van der Waals surface area contributed by atoms with Crippen LogP contribution in [0.1, 0.15) is 17.0 Å². The molecule has 0 bridgehead atoms. The van der Waals surface area contributed by atoms with Crippen LogP contribution in [0.3, 0.4) is 0 Å². The Morgan fingerprint density at radius 3 is 3.12 bits per heavy atom. The lowest BCUT2D eigenvalue weighted by molar-refractivity contribution is -0.116. The molecule has 82 valence electrons. The molecule has 3 unspecified atom stereocenters. The minimum absolute atomic E-state index is 0.0806. The minimum atomic E-state index is -0.0806.